The monoisotopic (exact) mass is 305 g/mol. The number of hydrogen-bond donors (Lipinski definition) is 2. The number of anilines is 1. The largest absolute Gasteiger partial charge is 0.378 e. The van der Waals surface area contributed by atoms with Crippen molar-refractivity contribution in [3.8, 4) is 0 Å². The van der Waals surface area contributed by atoms with Gasteiger partial charge in [0.15, 0.2) is 0 Å². The van der Waals surface area contributed by atoms with Gasteiger partial charge < -0.3 is 5.32 Å². The third kappa shape index (κ3) is 2.60. The molecular formula is C15H13Cl2N3. The summed E-state index contributed by atoms with van der Waals surface area (Å²) in [5, 5.41) is 12.7. The van der Waals surface area contributed by atoms with E-state index in [0.717, 1.165) is 22.2 Å². The summed E-state index contributed by atoms with van der Waals surface area (Å²) in [5.74, 6) is 0. The van der Waals surface area contributed by atoms with Crippen LogP contribution in [0.1, 0.15) is 18.5 Å². The van der Waals surface area contributed by atoms with Crippen LogP contribution < -0.4 is 5.32 Å². The van der Waals surface area contributed by atoms with Gasteiger partial charge in [-0.1, -0.05) is 29.3 Å². The summed E-state index contributed by atoms with van der Waals surface area (Å²) in [6, 6.07) is 11.9. The van der Waals surface area contributed by atoms with Crippen molar-refractivity contribution in [1.29, 1.82) is 0 Å². The van der Waals surface area contributed by atoms with Crippen LogP contribution in [-0.4, -0.2) is 10.2 Å². The van der Waals surface area contributed by atoms with Gasteiger partial charge in [-0.2, -0.15) is 5.10 Å². The van der Waals surface area contributed by atoms with Crippen LogP contribution >= 0.6 is 23.2 Å². The van der Waals surface area contributed by atoms with E-state index in [2.05, 4.69) is 22.4 Å². The molecular weight excluding hydrogens is 293 g/mol. The predicted octanol–water partition coefficient (Wildman–Crippen LogP) is 5.04. The molecule has 1 unspecified atom stereocenters. The molecule has 0 saturated heterocycles. The minimum Gasteiger partial charge on any atom is -0.378 e. The fourth-order valence-corrected chi connectivity index (χ4v) is 2.45. The molecule has 1 heterocycles. The maximum atomic E-state index is 6.05. The van der Waals surface area contributed by atoms with E-state index in [4.69, 9.17) is 23.2 Å². The lowest BCUT2D eigenvalue weighted by molar-refractivity contribution is 0.885. The maximum Gasteiger partial charge on any atom is 0.0670 e. The zero-order chi connectivity index (χ0) is 14.1. The molecule has 20 heavy (non-hydrogen) atoms. The number of fused-ring (bicyclic) bond motifs is 1. The van der Waals surface area contributed by atoms with E-state index in [1.54, 1.807) is 0 Å². The zero-order valence-corrected chi connectivity index (χ0v) is 12.3. The van der Waals surface area contributed by atoms with Crippen molar-refractivity contribution in [2.24, 2.45) is 0 Å². The Morgan fingerprint density at radius 2 is 1.95 bits per heavy atom. The van der Waals surface area contributed by atoms with E-state index >= 15 is 0 Å². The summed E-state index contributed by atoms with van der Waals surface area (Å²) in [4.78, 5) is 0. The second-order valence-corrected chi connectivity index (χ2v) is 5.53. The average molecular weight is 306 g/mol. The van der Waals surface area contributed by atoms with Crippen LogP contribution in [0.5, 0.6) is 0 Å². The molecule has 0 aliphatic carbocycles. The molecule has 0 radical (unpaired) electrons. The Labute approximate surface area is 126 Å². The molecule has 0 aliphatic rings. The molecule has 3 nitrogen and oxygen atoms in total. The number of aromatic amines is 1. The van der Waals surface area contributed by atoms with Gasteiger partial charge in [0.25, 0.3) is 0 Å². The van der Waals surface area contributed by atoms with E-state index < -0.39 is 0 Å². The summed E-state index contributed by atoms with van der Waals surface area (Å²) in [7, 11) is 0. The quantitative estimate of drug-likeness (QED) is 0.711. The summed E-state index contributed by atoms with van der Waals surface area (Å²) in [5.41, 5.74) is 3.13. The summed E-state index contributed by atoms with van der Waals surface area (Å²) in [6.07, 6.45) is 1.81. The van der Waals surface area contributed by atoms with Crippen molar-refractivity contribution >= 4 is 39.8 Å². The molecule has 5 heteroatoms. The molecule has 1 aromatic heterocycles. The Balaban J connectivity index is 1.83. The second kappa shape index (κ2) is 5.35. The van der Waals surface area contributed by atoms with Crippen LogP contribution in [-0.2, 0) is 0 Å². The SMILES string of the molecule is CC(Nc1ccc2cn[nH]c2c1)c1ccc(Cl)c(Cl)c1. The topological polar surface area (TPSA) is 40.7 Å². The Bertz CT molecular complexity index is 752. The number of nitrogens with one attached hydrogen (secondary N) is 2. The minimum atomic E-state index is 0.130. The summed E-state index contributed by atoms with van der Waals surface area (Å²) >= 11 is 12.0. The lowest BCUT2D eigenvalue weighted by Crippen LogP contribution is -2.06. The van der Waals surface area contributed by atoms with Gasteiger partial charge in [-0.3, -0.25) is 5.10 Å². The van der Waals surface area contributed by atoms with Crippen molar-refractivity contribution in [2.75, 3.05) is 5.32 Å². The molecule has 102 valence electrons. The van der Waals surface area contributed by atoms with Crippen LogP contribution in [0.2, 0.25) is 10.0 Å². The average Bonchev–Trinajstić information content (AvgIpc) is 2.89. The first-order valence-electron chi connectivity index (χ1n) is 6.28. The third-order valence-electron chi connectivity index (χ3n) is 3.27. The fraction of sp³-hybridized carbons (Fsp3) is 0.133. The van der Waals surface area contributed by atoms with Crippen LogP contribution in [0.25, 0.3) is 10.9 Å². The van der Waals surface area contributed by atoms with Gasteiger partial charge in [0, 0.05) is 17.1 Å². The third-order valence-corrected chi connectivity index (χ3v) is 4.01. The van der Waals surface area contributed by atoms with Gasteiger partial charge >= 0.3 is 0 Å². The molecule has 0 spiro atoms. The number of H-pyrrole nitrogens is 1. The molecule has 0 fully saturated rings. The van der Waals surface area contributed by atoms with Crippen molar-refractivity contribution < 1.29 is 0 Å². The number of aromatic nitrogens is 2. The van der Waals surface area contributed by atoms with E-state index in [9.17, 15) is 0 Å². The van der Waals surface area contributed by atoms with Gasteiger partial charge in [0.2, 0.25) is 0 Å². The first-order valence-corrected chi connectivity index (χ1v) is 7.04. The zero-order valence-electron chi connectivity index (χ0n) is 10.8. The molecule has 2 N–H and O–H groups in total. The van der Waals surface area contributed by atoms with E-state index in [-0.39, 0.29) is 6.04 Å². The van der Waals surface area contributed by atoms with E-state index in [1.165, 1.54) is 0 Å². The Morgan fingerprint density at radius 3 is 2.75 bits per heavy atom. The molecule has 0 bridgehead atoms. The Kier molecular flexibility index (Phi) is 3.55. The highest BCUT2D eigenvalue weighted by Gasteiger charge is 2.08. The van der Waals surface area contributed by atoms with Gasteiger partial charge in [-0.25, -0.2) is 0 Å². The highest BCUT2D eigenvalue weighted by Crippen LogP contribution is 2.27. The molecule has 2 aromatic carbocycles. The lowest BCUT2D eigenvalue weighted by Gasteiger charge is -2.16. The second-order valence-electron chi connectivity index (χ2n) is 4.71. The highest BCUT2D eigenvalue weighted by molar-refractivity contribution is 6.42. The normalized spacial score (nSPS) is 12.6. The minimum absolute atomic E-state index is 0.130. The summed E-state index contributed by atoms with van der Waals surface area (Å²) in [6.45, 7) is 2.08. The van der Waals surface area contributed by atoms with Gasteiger partial charge in [-0.05, 0) is 42.8 Å². The van der Waals surface area contributed by atoms with Crippen molar-refractivity contribution in [3.05, 3.63) is 58.2 Å². The first-order chi connectivity index (χ1) is 9.63. The Morgan fingerprint density at radius 1 is 1.10 bits per heavy atom. The Hall–Kier alpha value is -1.71. The van der Waals surface area contributed by atoms with E-state index in [1.807, 2.05) is 42.6 Å². The molecule has 0 amide bonds. The molecule has 3 aromatic rings. The fourth-order valence-electron chi connectivity index (χ4n) is 2.14. The molecule has 3 rings (SSSR count). The van der Waals surface area contributed by atoms with Crippen molar-refractivity contribution in [3.63, 3.8) is 0 Å². The molecule has 0 saturated carbocycles. The number of hydrogen-bond acceptors (Lipinski definition) is 2. The van der Waals surface area contributed by atoms with Crippen LogP contribution in [0, 0.1) is 0 Å². The number of halogens is 2. The maximum absolute atomic E-state index is 6.05. The van der Waals surface area contributed by atoms with Gasteiger partial charge in [-0.15, -0.1) is 0 Å². The van der Waals surface area contributed by atoms with Crippen LogP contribution in [0.3, 0.4) is 0 Å². The lowest BCUT2D eigenvalue weighted by atomic mass is 10.1. The van der Waals surface area contributed by atoms with Crippen LogP contribution in [0.15, 0.2) is 42.6 Å². The van der Waals surface area contributed by atoms with Crippen molar-refractivity contribution in [2.45, 2.75) is 13.0 Å². The van der Waals surface area contributed by atoms with Crippen molar-refractivity contribution in [1.82, 2.24) is 10.2 Å². The number of nitrogens with zero attached hydrogens (tertiary/aromatic N) is 1. The highest BCUT2D eigenvalue weighted by atomic mass is 35.5. The van der Waals surface area contributed by atoms with Crippen LogP contribution in [0.4, 0.5) is 5.69 Å². The number of benzene rings is 2. The van der Waals surface area contributed by atoms with Gasteiger partial charge in [0.1, 0.15) is 0 Å². The molecule has 1 atom stereocenters. The molecule has 0 aliphatic heterocycles. The summed E-state index contributed by atoms with van der Waals surface area (Å²) < 4.78 is 0. The first kappa shape index (κ1) is 13.3. The van der Waals surface area contributed by atoms with Gasteiger partial charge in [0.05, 0.1) is 21.8 Å². The number of rotatable bonds is 3. The smallest absolute Gasteiger partial charge is 0.0670 e. The standard InChI is InChI=1S/C15H13Cl2N3/c1-9(10-3-5-13(16)14(17)6-10)19-12-4-2-11-8-18-20-15(11)7-12/h2-9,19H,1H3,(H,18,20). The predicted molar refractivity (Wildman–Crippen MR) is 84.6 cm³/mol. The van der Waals surface area contributed by atoms with E-state index in [0.29, 0.717) is 10.0 Å².